The smallest absolute Gasteiger partial charge is 0.271 e. The van der Waals surface area contributed by atoms with Gasteiger partial charge in [0, 0.05) is 17.2 Å². The van der Waals surface area contributed by atoms with E-state index in [2.05, 4.69) is 0 Å². The number of hydrogen-bond acceptors (Lipinski definition) is 3. The second kappa shape index (κ2) is 4.78. The van der Waals surface area contributed by atoms with E-state index in [1.54, 1.807) is 0 Å². The van der Waals surface area contributed by atoms with Crippen molar-refractivity contribution in [2.24, 2.45) is 0 Å². The predicted molar refractivity (Wildman–Crippen MR) is 84.5 cm³/mol. The summed E-state index contributed by atoms with van der Waals surface area (Å²) in [6, 6.07) is 7.63. The van der Waals surface area contributed by atoms with Gasteiger partial charge in [0.2, 0.25) is 5.60 Å². The van der Waals surface area contributed by atoms with Crippen LogP contribution >= 0.6 is 0 Å². The highest BCUT2D eigenvalue weighted by molar-refractivity contribution is 6.24. The van der Waals surface area contributed by atoms with Gasteiger partial charge >= 0.3 is 0 Å². The van der Waals surface area contributed by atoms with Crippen LogP contribution in [-0.2, 0) is 15.0 Å². The summed E-state index contributed by atoms with van der Waals surface area (Å²) >= 11 is 0. The number of fused-ring (bicyclic) bond motifs is 3. The van der Waals surface area contributed by atoms with Crippen molar-refractivity contribution in [1.29, 1.82) is 0 Å². The van der Waals surface area contributed by atoms with Crippen molar-refractivity contribution in [1.82, 2.24) is 0 Å². The highest BCUT2D eigenvalue weighted by atomic mass is 16.3. The number of unbranched alkanes of at least 4 members (excludes halogenated alkanes) is 1. The molecule has 2 aliphatic rings. The second-order valence-corrected chi connectivity index (χ2v) is 6.64. The molecular weight excluding hydrogens is 278 g/mol. The van der Waals surface area contributed by atoms with E-state index >= 15 is 0 Å². The first kappa shape index (κ1) is 15.0. The Kier molecular flexibility index (Phi) is 3.25. The van der Waals surface area contributed by atoms with Crippen molar-refractivity contribution in [2.75, 3.05) is 4.90 Å². The molecule has 0 fully saturated rings. The average Bonchev–Trinajstić information content (AvgIpc) is 2.72. The molecule has 4 heteroatoms. The highest BCUT2D eigenvalue weighted by Gasteiger charge is 2.55. The number of nitrogens with zero attached hydrogens (tertiary/aromatic N) is 1. The first-order chi connectivity index (χ1) is 10.3. The normalized spacial score (nSPS) is 25.8. The first-order valence-corrected chi connectivity index (χ1v) is 7.77. The van der Waals surface area contributed by atoms with Gasteiger partial charge in [0.05, 0.1) is 5.69 Å². The van der Waals surface area contributed by atoms with Crippen molar-refractivity contribution in [3.63, 3.8) is 0 Å². The quantitative estimate of drug-likeness (QED) is 0.873. The van der Waals surface area contributed by atoms with Gasteiger partial charge in [0.15, 0.2) is 5.78 Å². The minimum absolute atomic E-state index is 0.171. The van der Waals surface area contributed by atoms with Gasteiger partial charge in [-0.1, -0.05) is 45.4 Å². The first-order valence-electron chi connectivity index (χ1n) is 7.77. The van der Waals surface area contributed by atoms with Gasteiger partial charge in [-0.15, -0.1) is 0 Å². The van der Waals surface area contributed by atoms with Gasteiger partial charge in [-0.25, -0.2) is 0 Å². The zero-order chi connectivity index (χ0) is 16.1. The van der Waals surface area contributed by atoms with Crippen LogP contribution in [-0.4, -0.2) is 22.4 Å². The summed E-state index contributed by atoms with van der Waals surface area (Å²) in [4.78, 5) is 26.9. The molecule has 0 radical (unpaired) electrons. The third-order valence-electron chi connectivity index (χ3n) is 4.82. The van der Waals surface area contributed by atoms with Crippen LogP contribution in [0.3, 0.4) is 0 Å². The zero-order valence-corrected chi connectivity index (χ0v) is 13.2. The van der Waals surface area contributed by atoms with Gasteiger partial charge < -0.3 is 5.11 Å². The Labute approximate surface area is 130 Å². The minimum atomic E-state index is -1.92. The van der Waals surface area contributed by atoms with Crippen LogP contribution in [0.25, 0.3) is 0 Å². The van der Waals surface area contributed by atoms with Crippen molar-refractivity contribution < 1.29 is 14.7 Å². The Balaban J connectivity index is 2.16. The summed E-state index contributed by atoms with van der Waals surface area (Å²) < 4.78 is 0. The Morgan fingerprint density at radius 3 is 2.55 bits per heavy atom. The van der Waals surface area contributed by atoms with Gasteiger partial charge in [0.25, 0.3) is 5.91 Å². The Morgan fingerprint density at radius 1 is 1.18 bits per heavy atom. The summed E-state index contributed by atoms with van der Waals surface area (Å²) in [5, 5.41) is 10.7. The van der Waals surface area contributed by atoms with E-state index in [9.17, 15) is 14.7 Å². The van der Waals surface area contributed by atoms with Gasteiger partial charge in [0.1, 0.15) is 0 Å². The third kappa shape index (κ3) is 1.80. The van der Waals surface area contributed by atoms with Gasteiger partial charge in [-0.3, -0.25) is 14.5 Å². The summed E-state index contributed by atoms with van der Waals surface area (Å²) in [7, 11) is 0. The van der Waals surface area contributed by atoms with E-state index in [0.29, 0.717) is 12.1 Å². The summed E-state index contributed by atoms with van der Waals surface area (Å²) in [6.45, 7) is 5.96. The second-order valence-electron chi connectivity index (χ2n) is 6.64. The average molecular weight is 299 g/mol. The van der Waals surface area contributed by atoms with Crippen LogP contribution in [0.4, 0.5) is 5.69 Å². The maximum atomic E-state index is 12.9. The molecule has 0 bridgehead atoms. The molecule has 0 saturated heterocycles. The van der Waals surface area contributed by atoms with E-state index < -0.39 is 22.7 Å². The summed E-state index contributed by atoms with van der Waals surface area (Å²) in [6.07, 6.45) is 3.08. The number of carbonyl (C=O) groups excluding carboxylic acids is 2. The summed E-state index contributed by atoms with van der Waals surface area (Å²) in [5.74, 6) is -1.00. The fourth-order valence-corrected chi connectivity index (χ4v) is 3.40. The molecular formula is C18H21NO3. The third-order valence-corrected chi connectivity index (χ3v) is 4.82. The molecule has 0 aliphatic carbocycles. The lowest BCUT2D eigenvalue weighted by atomic mass is 9.80. The molecule has 2 heterocycles. The number of amides is 1. The van der Waals surface area contributed by atoms with Gasteiger partial charge in [-0.2, -0.15) is 0 Å². The minimum Gasteiger partial charge on any atom is -0.373 e. The SMILES string of the molecule is CCCCC1(O)C(=O)C=C2N(C1=O)c1ccccc1C2(C)C. The number of carbonyl (C=O) groups is 2. The molecule has 0 saturated carbocycles. The zero-order valence-electron chi connectivity index (χ0n) is 13.2. The van der Waals surface area contributed by atoms with E-state index in [4.69, 9.17) is 0 Å². The molecule has 116 valence electrons. The van der Waals surface area contributed by atoms with E-state index in [1.807, 2.05) is 45.0 Å². The molecule has 1 N–H and O–H groups in total. The molecule has 22 heavy (non-hydrogen) atoms. The Bertz CT molecular complexity index is 689. The van der Waals surface area contributed by atoms with Gasteiger partial charge in [-0.05, 0) is 24.5 Å². The molecule has 0 aromatic heterocycles. The molecule has 1 unspecified atom stereocenters. The molecule has 2 aliphatic heterocycles. The predicted octanol–water partition coefficient (Wildman–Crippen LogP) is 2.70. The Hall–Kier alpha value is -1.94. The lowest BCUT2D eigenvalue weighted by molar-refractivity contribution is -0.149. The monoisotopic (exact) mass is 299 g/mol. The number of aliphatic hydroxyl groups is 1. The number of para-hydroxylation sites is 1. The van der Waals surface area contributed by atoms with E-state index in [-0.39, 0.29) is 6.42 Å². The molecule has 4 nitrogen and oxygen atoms in total. The largest absolute Gasteiger partial charge is 0.373 e. The fourth-order valence-electron chi connectivity index (χ4n) is 3.40. The topological polar surface area (TPSA) is 57.6 Å². The maximum absolute atomic E-state index is 12.9. The molecule has 1 atom stereocenters. The van der Waals surface area contributed by atoms with Crippen LogP contribution < -0.4 is 4.90 Å². The molecule has 1 amide bonds. The number of ketones is 1. The molecule has 0 spiro atoms. The molecule has 3 rings (SSSR count). The van der Waals surface area contributed by atoms with Crippen LogP contribution in [0.5, 0.6) is 0 Å². The van der Waals surface area contributed by atoms with Crippen LogP contribution in [0.1, 0.15) is 45.6 Å². The number of allylic oxidation sites excluding steroid dienone is 1. The molecule has 1 aromatic carbocycles. The van der Waals surface area contributed by atoms with Crippen LogP contribution in [0.15, 0.2) is 36.0 Å². The van der Waals surface area contributed by atoms with Crippen molar-refractivity contribution in [3.05, 3.63) is 41.6 Å². The van der Waals surface area contributed by atoms with E-state index in [1.165, 1.54) is 11.0 Å². The number of benzene rings is 1. The maximum Gasteiger partial charge on any atom is 0.271 e. The fraction of sp³-hybridized carbons (Fsp3) is 0.444. The number of rotatable bonds is 3. The number of hydrogen-bond donors (Lipinski definition) is 1. The van der Waals surface area contributed by atoms with Crippen LogP contribution in [0, 0.1) is 0 Å². The summed E-state index contributed by atoms with van der Waals surface area (Å²) in [5.41, 5.74) is 0.0827. The van der Waals surface area contributed by atoms with Crippen molar-refractivity contribution in [2.45, 2.75) is 51.0 Å². The lowest BCUT2D eigenvalue weighted by Crippen LogP contribution is -2.57. The Morgan fingerprint density at radius 2 is 1.86 bits per heavy atom. The highest BCUT2D eigenvalue weighted by Crippen LogP contribution is 2.50. The van der Waals surface area contributed by atoms with Crippen molar-refractivity contribution >= 4 is 17.4 Å². The van der Waals surface area contributed by atoms with E-state index in [0.717, 1.165) is 17.7 Å². The standard InChI is InChI=1S/C18H21NO3/c1-4-5-10-18(22)15(20)11-14-17(2,3)12-8-6-7-9-13(12)19(14)16(18)21/h6-9,11,22H,4-5,10H2,1-3H3. The van der Waals surface area contributed by atoms with Crippen LogP contribution in [0.2, 0.25) is 0 Å². The van der Waals surface area contributed by atoms with Crippen molar-refractivity contribution in [3.8, 4) is 0 Å². The number of anilines is 1. The molecule has 1 aromatic rings. The lowest BCUT2D eigenvalue weighted by Gasteiger charge is -2.36.